The Hall–Kier alpha value is -3.45. The van der Waals surface area contributed by atoms with Crippen molar-refractivity contribution in [1.29, 1.82) is 0 Å². The van der Waals surface area contributed by atoms with Crippen LogP contribution in [0.5, 0.6) is 0 Å². The highest BCUT2D eigenvalue weighted by Crippen LogP contribution is 2.23. The topological polar surface area (TPSA) is 91.8 Å². The smallest absolute Gasteiger partial charge is 0.337 e. The van der Waals surface area contributed by atoms with Crippen LogP contribution in [0.3, 0.4) is 0 Å². The molecule has 144 valence electrons. The summed E-state index contributed by atoms with van der Waals surface area (Å²) in [6.45, 7) is 0.0814. The molecule has 1 aliphatic rings. The van der Waals surface area contributed by atoms with E-state index in [1.807, 2.05) is 48.6 Å². The third kappa shape index (κ3) is 4.44. The van der Waals surface area contributed by atoms with Gasteiger partial charge in [-0.25, -0.2) is 4.79 Å². The van der Waals surface area contributed by atoms with Crippen LogP contribution in [-0.4, -0.2) is 53.7 Å². The minimum absolute atomic E-state index is 0.107. The molecule has 0 saturated heterocycles. The van der Waals surface area contributed by atoms with Crippen molar-refractivity contribution in [2.75, 3.05) is 32.1 Å². The number of rotatable bonds is 7. The molecule has 3 rings (SSSR count). The van der Waals surface area contributed by atoms with E-state index in [1.165, 1.54) is 12.0 Å². The van der Waals surface area contributed by atoms with Crippen LogP contribution in [-0.2, 0) is 14.3 Å². The number of aliphatic hydroxyl groups is 1. The Morgan fingerprint density at radius 2 is 2.00 bits per heavy atom. The standard InChI is InChI=1S/C21H21N3O4/c1-28-21(27)18-14-24(11-12-25)20(26)19(18)23-17-4-2-3-16(13-17)6-5-15-7-9-22-10-8-15/h2-10,13,23,25H,11-12,14H2,1H3. The maximum Gasteiger partial charge on any atom is 0.337 e. The van der Waals surface area contributed by atoms with Gasteiger partial charge < -0.3 is 20.1 Å². The van der Waals surface area contributed by atoms with Crippen molar-refractivity contribution < 1.29 is 19.4 Å². The molecule has 7 nitrogen and oxygen atoms in total. The number of hydrogen-bond donors (Lipinski definition) is 2. The number of pyridine rings is 1. The molecule has 0 spiro atoms. The van der Waals surface area contributed by atoms with Crippen LogP contribution in [0.4, 0.5) is 5.69 Å². The summed E-state index contributed by atoms with van der Waals surface area (Å²) in [6.07, 6.45) is 7.36. The number of methoxy groups -OCH3 is 1. The number of ether oxygens (including phenoxy) is 1. The molecule has 2 heterocycles. The molecule has 0 unspecified atom stereocenters. The number of amides is 1. The van der Waals surface area contributed by atoms with E-state index in [2.05, 4.69) is 10.3 Å². The molecule has 2 aromatic rings. The monoisotopic (exact) mass is 379 g/mol. The van der Waals surface area contributed by atoms with E-state index in [9.17, 15) is 9.59 Å². The summed E-state index contributed by atoms with van der Waals surface area (Å²) < 4.78 is 4.79. The second-order valence-corrected chi connectivity index (χ2v) is 6.16. The third-order valence-electron chi connectivity index (χ3n) is 4.28. The number of nitrogens with one attached hydrogen (secondary N) is 1. The van der Waals surface area contributed by atoms with Gasteiger partial charge >= 0.3 is 5.97 Å². The largest absolute Gasteiger partial charge is 0.466 e. The summed E-state index contributed by atoms with van der Waals surface area (Å²) in [5.41, 5.74) is 3.05. The van der Waals surface area contributed by atoms with E-state index in [1.54, 1.807) is 12.4 Å². The van der Waals surface area contributed by atoms with Gasteiger partial charge in [-0.05, 0) is 35.4 Å². The zero-order valence-electron chi connectivity index (χ0n) is 15.5. The SMILES string of the molecule is COC(=O)C1=C(Nc2cccc(C=Cc3ccncc3)c2)C(=O)N(CCO)C1. The Labute approximate surface area is 163 Å². The zero-order chi connectivity index (χ0) is 19.9. The first-order valence-electron chi connectivity index (χ1n) is 8.79. The van der Waals surface area contributed by atoms with Gasteiger partial charge in [0.1, 0.15) is 5.70 Å². The molecule has 0 saturated carbocycles. The third-order valence-corrected chi connectivity index (χ3v) is 4.28. The van der Waals surface area contributed by atoms with Gasteiger partial charge in [0.2, 0.25) is 0 Å². The number of nitrogens with zero attached hydrogens (tertiary/aromatic N) is 2. The Morgan fingerprint density at radius 3 is 2.71 bits per heavy atom. The lowest BCUT2D eigenvalue weighted by Crippen LogP contribution is -2.31. The summed E-state index contributed by atoms with van der Waals surface area (Å²) in [5.74, 6) is -0.905. The van der Waals surface area contributed by atoms with Crippen molar-refractivity contribution >= 4 is 29.7 Å². The maximum atomic E-state index is 12.6. The summed E-state index contributed by atoms with van der Waals surface area (Å²) in [6, 6.07) is 11.3. The number of carbonyl (C=O) groups is 2. The highest BCUT2D eigenvalue weighted by atomic mass is 16.5. The molecule has 0 fully saturated rings. The molecule has 0 atom stereocenters. The molecule has 28 heavy (non-hydrogen) atoms. The fraction of sp³-hybridized carbons (Fsp3) is 0.190. The second-order valence-electron chi connectivity index (χ2n) is 6.16. The lowest BCUT2D eigenvalue weighted by Gasteiger charge is -2.15. The lowest BCUT2D eigenvalue weighted by molar-refractivity contribution is -0.136. The van der Waals surface area contributed by atoms with Crippen molar-refractivity contribution in [3.05, 3.63) is 71.2 Å². The average Bonchev–Trinajstić information content (AvgIpc) is 3.03. The molecule has 2 N–H and O–H groups in total. The van der Waals surface area contributed by atoms with Gasteiger partial charge in [0, 0.05) is 24.6 Å². The highest BCUT2D eigenvalue weighted by molar-refractivity contribution is 6.08. The van der Waals surface area contributed by atoms with E-state index in [-0.39, 0.29) is 36.9 Å². The number of anilines is 1. The second kappa shape index (κ2) is 8.96. The van der Waals surface area contributed by atoms with Gasteiger partial charge in [0.05, 0.1) is 25.8 Å². The Balaban J connectivity index is 1.82. The number of aliphatic hydroxyl groups excluding tert-OH is 1. The van der Waals surface area contributed by atoms with E-state index < -0.39 is 5.97 Å². The van der Waals surface area contributed by atoms with Gasteiger partial charge in [-0.15, -0.1) is 0 Å². The van der Waals surface area contributed by atoms with E-state index in [4.69, 9.17) is 9.84 Å². The van der Waals surface area contributed by atoms with Crippen LogP contribution in [0.2, 0.25) is 0 Å². The van der Waals surface area contributed by atoms with Crippen LogP contribution in [0, 0.1) is 0 Å². The molecule has 0 aliphatic carbocycles. The van der Waals surface area contributed by atoms with Gasteiger partial charge in [-0.1, -0.05) is 24.3 Å². The first-order chi connectivity index (χ1) is 13.6. The predicted octanol–water partition coefficient (Wildman–Crippen LogP) is 1.93. The molecule has 1 aliphatic heterocycles. The quantitative estimate of drug-likeness (QED) is 0.715. The molecule has 0 radical (unpaired) electrons. The predicted molar refractivity (Wildman–Crippen MR) is 106 cm³/mol. The fourth-order valence-corrected chi connectivity index (χ4v) is 2.88. The van der Waals surface area contributed by atoms with Crippen LogP contribution < -0.4 is 5.32 Å². The number of carbonyl (C=O) groups excluding carboxylic acids is 2. The Kier molecular flexibility index (Phi) is 6.18. The molecule has 1 aromatic heterocycles. The van der Waals surface area contributed by atoms with Crippen molar-refractivity contribution in [3.63, 3.8) is 0 Å². The minimum Gasteiger partial charge on any atom is -0.466 e. The van der Waals surface area contributed by atoms with Crippen molar-refractivity contribution in [2.24, 2.45) is 0 Å². The summed E-state index contributed by atoms with van der Waals surface area (Å²) in [5, 5.41) is 12.2. The van der Waals surface area contributed by atoms with Crippen LogP contribution in [0.1, 0.15) is 11.1 Å². The first kappa shape index (κ1) is 19.3. The number of hydrogen-bond acceptors (Lipinski definition) is 6. The van der Waals surface area contributed by atoms with Gasteiger partial charge in [-0.3, -0.25) is 9.78 Å². The zero-order valence-corrected chi connectivity index (χ0v) is 15.5. The van der Waals surface area contributed by atoms with Crippen molar-refractivity contribution in [1.82, 2.24) is 9.88 Å². The van der Waals surface area contributed by atoms with Crippen LogP contribution in [0.25, 0.3) is 12.2 Å². The van der Waals surface area contributed by atoms with E-state index in [0.29, 0.717) is 5.69 Å². The van der Waals surface area contributed by atoms with Gasteiger partial charge in [0.25, 0.3) is 5.91 Å². The molecule has 1 amide bonds. The first-order valence-corrected chi connectivity index (χ1v) is 8.79. The Bertz CT molecular complexity index is 922. The number of β-amino-alcohol motifs (C(OH)–C–C–N with tert-alkyl or cyclic N) is 1. The van der Waals surface area contributed by atoms with Crippen LogP contribution in [0.15, 0.2) is 60.1 Å². The van der Waals surface area contributed by atoms with E-state index in [0.717, 1.165) is 11.1 Å². The number of benzene rings is 1. The van der Waals surface area contributed by atoms with Crippen molar-refractivity contribution in [3.8, 4) is 0 Å². The normalized spacial score (nSPS) is 14.1. The number of aromatic nitrogens is 1. The summed E-state index contributed by atoms with van der Waals surface area (Å²) in [7, 11) is 1.27. The molecular weight excluding hydrogens is 358 g/mol. The minimum atomic E-state index is -0.565. The van der Waals surface area contributed by atoms with Gasteiger partial charge in [0.15, 0.2) is 0 Å². The Morgan fingerprint density at radius 1 is 1.25 bits per heavy atom. The maximum absolute atomic E-state index is 12.6. The summed E-state index contributed by atoms with van der Waals surface area (Å²) >= 11 is 0. The lowest BCUT2D eigenvalue weighted by atomic mass is 10.1. The van der Waals surface area contributed by atoms with Crippen molar-refractivity contribution in [2.45, 2.75) is 0 Å². The molecular formula is C21H21N3O4. The van der Waals surface area contributed by atoms with Crippen LogP contribution >= 0.6 is 0 Å². The number of esters is 1. The molecule has 0 bridgehead atoms. The van der Waals surface area contributed by atoms with E-state index >= 15 is 0 Å². The molecule has 7 heteroatoms. The average molecular weight is 379 g/mol. The fourth-order valence-electron chi connectivity index (χ4n) is 2.88. The molecule has 1 aromatic carbocycles. The summed E-state index contributed by atoms with van der Waals surface area (Å²) in [4.78, 5) is 30.0. The van der Waals surface area contributed by atoms with Gasteiger partial charge in [-0.2, -0.15) is 0 Å². The highest BCUT2D eigenvalue weighted by Gasteiger charge is 2.34.